The molecule has 0 bridgehead atoms. The van der Waals surface area contributed by atoms with E-state index in [2.05, 4.69) is 66.1 Å². The first-order valence-electron chi connectivity index (χ1n) is 5.80. The van der Waals surface area contributed by atoms with Gasteiger partial charge in [0.25, 0.3) is 0 Å². The summed E-state index contributed by atoms with van der Waals surface area (Å²) in [7, 11) is -4.19. The molecule has 6 heteroatoms. The van der Waals surface area contributed by atoms with Crippen molar-refractivity contribution in [1.29, 1.82) is 0 Å². The molecule has 106 valence electrons. The first-order valence-corrected chi connectivity index (χ1v) is 7.13. The monoisotopic (exact) mass is 296 g/mol. The number of pyridine rings is 2. The molecule has 0 fully saturated rings. The molecule has 2 heterocycles. The number of aryl methyl sites for hydroxylation is 1. The molecule has 0 atom stereocenters. The Morgan fingerprint density at radius 3 is 2.20 bits per heavy atom. The molecule has 2 aromatic heterocycles. The molecule has 0 saturated carbocycles. The summed E-state index contributed by atoms with van der Waals surface area (Å²) in [6.45, 7) is 2.13. The Morgan fingerprint density at radius 2 is 1.55 bits per heavy atom. The van der Waals surface area contributed by atoms with Gasteiger partial charge in [0.05, 0.1) is 0 Å². The van der Waals surface area contributed by atoms with Crippen molar-refractivity contribution in [2.24, 2.45) is 0 Å². The summed E-state index contributed by atoms with van der Waals surface area (Å²) in [6.07, 6.45) is 2.19. The molecule has 0 aliphatic heterocycles. The minimum absolute atomic E-state index is 1.24. The van der Waals surface area contributed by atoms with Gasteiger partial charge in [-0.1, -0.05) is 18.2 Å². The third-order valence-electron chi connectivity index (χ3n) is 2.83. The van der Waals surface area contributed by atoms with Crippen molar-refractivity contribution in [1.82, 2.24) is 0 Å². The third-order valence-corrected chi connectivity index (χ3v) is 2.83. The van der Waals surface area contributed by atoms with Crippen LogP contribution in [0.1, 0.15) is 5.69 Å². The molecule has 0 amide bonds. The van der Waals surface area contributed by atoms with Crippen molar-refractivity contribution in [3.8, 4) is 0 Å². The number of fused-ring (bicyclic) bond motifs is 2. The SMILES string of the molecule is Cc1cccc2cc3ccccc3c[n+]12.[O-][Cl+](O)(O)O. The molecule has 0 spiro atoms. The van der Waals surface area contributed by atoms with Crippen molar-refractivity contribution in [3.63, 3.8) is 0 Å². The van der Waals surface area contributed by atoms with Crippen molar-refractivity contribution >= 4 is 16.3 Å². The van der Waals surface area contributed by atoms with Crippen LogP contribution in [0.3, 0.4) is 0 Å². The van der Waals surface area contributed by atoms with Crippen LogP contribution in [0.4, 0.5) is 0 Å². The Labute approximate surface area is 117 Å². The zero-order valence-corrected chi connectivity index (χ0v) is 11.5. The van der Waals surface area contributed by atoms with E-state index in [1.807, 2.05) is 0 Å². The van der Waals surface area contributed by atoms with Crippen LogP contribution in [-0.4, -0.2) is 14.0 Å². The minimum atomic E-state index is -4.19. The average molecular weight is 297 g/mol. The number of halogens is 1. The summed E-state index contributed by atoms with van der Waals surface area (Å²) in [5.41, 5.74) is 2.51. The number of rotatable bonds is 0. The Bertz CT molecular complexity index is 734. The summed E-state index contributed by atoms with van der Waals surface area (Å²) < 4.78 is 32.4. The van der Waals surface area contributed by atoms with Gasteiger partial charge in [0.15, 0.2) is 11.9 Å². The van der Waals surface area contributed by atoms with Crippen LogP contribution in [0.2, 0.25) is 0 Å². The first-order chi connectivity index (χ1) is 9.34. The Balaban J connectivity index is 0.000000257. The summed E-state index contributed by atoms with van der Waals surface area (Å²) in [5.74, 6) is 0. The van der Waals surface area contributed by atoms with E-state index in [-0.39, 0.29) is 0 Å². The van der Waals surface area contributed by atoms with Crippen LogP contribution >= 0.6 is 0 Å². The van der Waals surface area contributed by atoms with E-state index in [0.29, 0.717) is 0 Å². The zero-order chi connectivity index (χ0) is 14.8. The molecule has 0 aliphatic carbocycles. The molecule has 5 nitrogen and oxygen atoms in total. The fourth-order valence-corrected chi connectivity index (χ4v) is 2.00. The number of nitrogens with zero attached hydrogens (tertiary/aromatic N) is 1. The van der Waals surface area contributed by atoms with Gasteiger partial charge in [-0.3, -0.25) is 0 Å². The molecule has 3 N–H and O–H groups in total. The molecule has 0 radical (unpaired) electrons. The van der Waals surface area contributed by atoms with E-state index in [9.17, 15) is 0 Å². The topological polar surface area (TPSA) is 87.9 Å². The van der Waals surface area contributed by atoms with Gasteiger partial charge in [0, 0.05) is 30.5 Å². The van der Waals surface area contributed by atoms with E-state index >= 15 is 0 Å². The van der Waals surface area contributed by atoms with Gasteiger partial charge in [0.2, 0.25) is 5.52 Å². The third kappa shape index (κ3) is 3.86. The fourth-order valence-electron chi connectivity index (χ4n) is 2.00. The number of aromatic nitrogens is 1. The van der Waals surface area contributed by atoms with Crippen LogP contribution < -0.4 is 9.06 Å². The molecule has 0 saturated heterocycles. The maximum atomic E-state index is 8.83. The molecule has 0 aliphatic rings. The van der Waals surface area contributed by atoms with Gasteiger partial charge >= 0.3 is 28.9 Å². The first kappa shape index (κ1) is 14.6. The van der Waals surface area contributed by atoms with Crippen LogP contribution in [0.15, 0.2) is 54.7 Å². The zero-order valence-electron chi connectivity index (χ0n) is 10.8. The van der Waals surface area contributed by atoms with Crippen molar-refractivity contribution in [2.45, 2.75) is 6.92 Å². The standard InChI is InChI=1S/C14H12N.ClH3O4/c1-11-5-4-8-14-9-12-6-2-3-7-13(12)10-15(11)14;2-1(3,4)5/h2-10H,1H3;2-4H/q+1;. The van der Waals surface area contributed by atoms with E-state index in [1.165, 1.54) is 22.0 Å². The van der Waals surface area contributed by atoms with Crippen LogP contribution in [0.25, 0.3) is 16.3 Å². The molecule has 1 aromatic carbocycles. The predicted octanol–water partition coefficient (Wildman–Crippen LogP) is 0.0269. The second kappa shape index (κ2) is 5.70. The quantitative estimate of drug-likeness (QED) is 0.403. The summed E-state index contributed by atoms with van der Waals surface area (Å²) >= 11 is 0. The van der Waals surface area contributed by atoms with E-state index in [4.69, 9.17) is 18.6 Å². The molecule has 20 heavy (non-hydrogen) atoms. The molecule has 3 rings (SSSR count). The normalized spacial score (nSPS) is 12.1. The van der Waals surface area contributed by atoms with E-state index in [1.54, 1.807) is 0 Å². The molecular formula is C14H15ClNO4+. The number of hydrogen-bond acceptors (Lipinski definition) is 4. The van der Waals surface area contributed by atoms with Gasteiger partial charge < -0.3 is 0 Å². The van der Waals surface area contributed by atoms with E-state index in [0.717, 1.165) is 0 Å². The summed E-state index contributed by atoms with van der Waals surface area (Å²) in [6, 6.07) is 17.0. The van der Waals surface area contributed by atoms with Gasteiger partial charge in [-0.05, 0) is 17.5 Å². The Morgan fingerprint density at radius 1 is 0.950 bits per heavy atom. The van der Waals surface area contributed by atoms with Gasteiger partial charge in [0.1, 0.15) is 0 Å². The van der Waals surface area contributed by atoms with Gasteiger partial charge in [-0.2, -0.15) is 4.40 Å². The van der Waals surface area contributed by atoms with Gasteiger partial charge in [-0.15, -0.1) is 0 Å². The van der Waals surface area contributed by atoms with Gasteiger partial charge in [-0.25, -0.2) is 0 Å². The Hall–Kier alpha value is -1.76. The maximum absolute atomic E-state index is 8.83. The van der Waals surface area contributed by atoms with Crippen molar-refractivity contribution < 1.29 is 33.3 Å². The molecule has 3 aromatic rings. The van der Waals surface area contributed by atoms with Crippen molar-refractivity contribution in [2.75, 3.05) is 0 Å². The van der Waals surface area contributed by atoms with Crippen LogP contribution in [0, 0.1) is 17.2 Å². The average Bonchev–Trinajstić information content (AvgIpc) is 2.35. The van der Waals surface area contributed by atoms with E-state index < -0.39 is 10.2 Å². The second-order valence-electron chi connectivity index (χ2n) is 4.30. The fraction of sp³-hybridized carbons (Fsp3) is 0.0714. The Kier molecular flexibility index (Phi) is 4.17. The summed E-state index contributed by atoms with van der Waals surface area (Å²) in [5, 5.41) is 2.58. The second-order valence-corrected chi connectivity index (χ2v) is 5.17. The predicted molar refractivity (Wildman–Crippen MR) is 68.5 cm³/mol. The van der Waals surface area contributed by atoms with Crippen LogP contribution in [-0.2, 0) is 0 Å². The number of benzene rings is 1. The summed E-state index contributed by atoms with van der Waals surface area (Å²) in [4.78, 5) is 0. The van der Waals surface area contributed by atoms with Crippen molar-refractivity contribution in [3.05, 3.63) is 60.4 Å². The van der Waals surface area contributed by atoms with Crippen LogP contribution in [0.5, 0.6) is 0 Å². The number of hydrogen-bond donors (Lipinski definition) is 3. The molecular weight excluding hydrogens is 282 g/mol. The molecule has 0 unspecified atom stereocenters.